The quantitative estimate of drug-likeness (QED) is 0.740. The van der Waals surface area contributed by atoms with E-state index in [1.165, 1.54) is 27.4 Å². The summed E-state index contributed by atoms with van der Waals surface area (Å²) in [6.07, 6.45) is 4.85. The first-order chi connectivity index (χ1) is 11.1. The van der Waals surface area contributed by atoms with Crippen molar-refractivity contribution in [3.05, 3.63) is 23.8 Å². The van der Waals surface area contributed by atoms with Crippen molar-refractivity contribution in [3.63, 3.8) is 0 Å². The van der Waals surface area contributed by atoms with Gasteiger partial charge in [0.25, 0.3) is 0 Å². The molecule has 1 aliphatic carbocycles. The lowest BCUT2D eigenvalue weighted by Gasteiger charge is -2.12. The van der Waals surface area contributed by atoms with Crippen LogP contribution < -0.4 is 19.5 Å². The summed E-state index contributed by atoms with van der Waals surface area (Å²) in [6, 6.07) is 3.41. The van der Waals surface area contributed by atoms with Crippen LogP contribution in [0.25, 0.3) is 6.08 Å². The summed E-state index contributed by atoms with van der Waals surface area (Å²) in [5.41, 5.74) is 0.675. The SMILES string of the molecule is COc1cc(OC)c(OC)cc1/C=C/C(=O)NCC(=O)C1CC1. The van der Waals surface area contributed by atoms with Gasteiger partial charge in [0.1, 0.15) is 5.75 Å². The molecule has 124 valence electrons. The van der Waals surface area contributed by atoms with Crippen molar-refractivity contribution >= 4 is 17.8 Å². The van der Waals surface area contributed by atoms with Crippen LogP contribution in [0.3, 0.4) is 0 Å². The van der Waals surface area contributed by atoms with Crippen molar-refractivity contribution < 1.29 is 23.8 Å². The van der Waals surface area contributed by atoms with Gasteiger partial charge in [-0.15, -0.1) is 0 Å². The van der Waals surface area contributed by atoms with E-state index in [0.717, 1.165) is 12.8 Å². The van der Waals surface area contributed by atoms with E-state index in [0.29, 0.717) is 22.8 Å². The van der Waals surface area contributed by atoms with E-state index in [-0.39, 0.29) is 24.2 Å². The molecule has 0 aromatic heterocycles. The van der Waals surface area contributed by atoms with Gasteiger partial charge >= 0.3 is 0 Å². The van der Waals surface area contributed by atoms with E-state index in [1.54, 1.807) is 18.2 Å². The molecule has 1 saturated carbocycles. The number of rotatable bonds is 8. The number of carbonyl (C=O) groups is 2. The van der Waals surface area contributed by atoms with Gasteiger partial charge in [-0.1, -0.05) is 0 Å². The molecule has 0 saturated heterocycles. The van der Waals surface area contributed by atoms with Gasteiger partial charge in [-0.2, -0.15) is 0 Å². The van der Waals surface area contributed by atoms with E-state index in [4.69, 9.17) is 14.2 Å². The molecule has 1 fully saturated rings. The molecule has 23 heavy (non-hydrogen) atoms. The highest BCUT2D eigenvalue weighted by Gasteiger charge is 2.28. The molecule has 0 aliphatic heterocycles. The van der Waals surface area contributed by atoms with E-state index in [1.807, 2.05) is 0 Å². The Morgan fingerprint density at radius 3 is 2.26 bits per heavy atom. The third kappa shape index (κ3) is 4.48. The molecule has 0 atom stereocenters. The van der Waals surface area contributed by atoms with Crippen molar-refractivity contribution in [2.24, 2.45) is 5.92 Å². The van der Waals surface area contributed by atoms with Crippen molar-refractivity contribution in [3.8, 4) is 17.2 Å². The van der Waals surface area contributed by atoms with E-state index >= 15 is 0 Å². The zero-order valence-electron chi connectivity index (χ0n) is 13.5. The number of carbonyl (C=O) groups excluding carboxylic acids is 2. The molecule has 1 amide bonds. The highest BCUT2D eigenvalue weighted by atomic mass is 16.5. The third-order valence-electron chi connectivity index (χ3n) is 3.62. The van der Waals surface area contributed by atoms with Gasteiger partial charge in [0.05, 0.1) is 27.9 Å². The van der Waals surface area contributed by atoms with Crippen LogP contribution in [0.1, 0.15) is 18.4 Å². The summed E-state index contributed by atoms with van der Waals surface area (Å²) >= 11 is 0. The molecule has 6 heteroatoms. The molecule has 0 unspecified atom stereocenters. The first kappa shape index (κ1) is 16.9. The maximum atomic E-state index is 11.8. The zero-order valence-corrected chi connectivity index (χ0v) is 13.5. The largest absolute Gasteiger partial charge is 0.496 e. The van der Waals surface area contributed by atoms with Crippen LogP contribution in [0.5, 0.6) is 17.2 Å². The summed E-state index contributed by atoms with van der Waals surface area (Å²) in [4.78, 5) is 23.3. The first-order valence-electron chi connectivity index (χ1n) is 7.37. The first-order valence-corrected chi connectivity index (χ1v) is 7.37. The fourth-order valence-corrected chi connectivity index (χ4v) is 2.13. The van der Waals surface area contributed by atoms with Crippen LogP contribution >= 0.6 is 0 Å². The van der Waals surface area contributed by atoms with Crippen LogP contribution in [-0.4, -0.2) is 39.6 Å². The molecule has 1 aliphatic rings. The summed E-state index contributed by atoms with van der Waals surface area (Å²) in [5, 5.41) is 2.59. The number of nitrogens with one attached hydrogen (secondary N) is 1. The second-order valence-electron chi connectivity index (χ2n) is 5.24. The fraction of sp³-hybridized carbons (Fsp3) is 0.412. The number of benzene rings is 1. The zero-order chi connectivity index (χ0) is 16.8. The predicted octanol–water partition coefficient (Wildman–Crippen LogP) is 1.82. The van der Waals surface area contributed by atoms with E-state index in [2.05, 4.69) is 5.32 Å². The Balaban J connectivity index is 2.04. The van der Waals surface area contributed by atoms with Gasteiger partial charge < -0.3 is 19.5 Å². The molecular weight excluding hydrogens is 298 g/mol. The molecule has 0 bridgehead atoms. The highest BCUT2D eigenvalue weighted by Crippen LogP contribution is 2.35. The second-order valence-corrected chi connectivity index (χ2v) is 5.24. The van der Waals surface area contributed by atoms with Gasteiger partial charge in [0, 0.05) is 23.6 Å². The predicted molar refractivity (Wildman–Crippen MR) is 85.9 cm³/mol. The summed E-state index contributed by atoms with van der Waals surface area (Å²) in [6.45, 7) is 0.0803. The number of methoxy groups -OCH3 is 3. The number of hydrogen-bond donors (Lipinski definition) is 1. The standard InChI is InChI=1S/C17H21NO5/c1-21-14-9-16(23-3)15(22-2)8-12(14)6-7-17(20)18-10-13(19)11-4-5-11/h6-9,11H,4-5,10H2,1-3H3,(H,18,20)/b7-6+. The molecular formula is C17H21NO5. The van der Waals surface area contributed by atoms with Crippen molar-refractivity contribution in [2.75, 3.05) is 27.9 Å². The molecule has 1 N–H and O–H groups in total. The van der Waals surface area contributed by atoms with E-state index < -0.39 is 0 Å². The molecule has 0 heterocycles. The van der Waals surface area contributed by atoms with Crippen molar-refractivity contribution in [1.82, 2.24) is 5.32 Å². The normalized spacial score (nSPS) is 13.7. The minimum atomic E-state index is -0.323. The van der Waals surface area contributed by atoms with Gasteiger partial charge in [0.2, 0.25) is 5.91 Å². The molecule has 2 rings (SSSR count). The fourth-order valence-electron chi connectivity index (χ4n) is 2.13. The van der Waals surface area contributed by atoms with Gasteiger partial charge in [0.15, 0.2) is 17.3 Å². The maximum Gasteiger partial charge on any atom is 0.244 e. The average molecular weight is 319 g/mol. The van der Waals surface area contributed by atoms with Crippen LogP contribution in [0.15, 0.2) is 18.2 Å². The lowest BCUT2D eigenvalue weighted by Crippen LogP contribution is -2.28. The number of amides is 1. The minimum Gasteiger partial charge on any atom is -0.496 e. The number of ether oxygens (including phenoxy) is 3. The van der Waals surface area contributed by atoms with Gasteiger partial charge in [-0.05, 0) is 25.0 Å². The Bertz CT molecular complexity index is 620. The Morgan fingerprint density at radius 2 is 1.70 bits per heavy atom. The summed E-state index contributed by atoms with van der Waals surface area (Å²) < 4.78 is 15.7. The molecule has 0 spiro atoms. The minimum absolute atomic E-state index is 0.0803. The highest BCUT2D eigenvalue weighted by molar-refractivity contribution is 5.95. The molecule has 1 aromatic carbocycles. The Morgan fingerprint density at radius 1 is 1.09 bits per heavy atom. The van der Waals surface area contributed by atoms with Crippen LogP contribution in [0.4, 0.5) is 0 Å². The van der Waals surface area contributed by atoms with Crippen LogP contribution in [-0.2, 0) is 9.59 Å². The Labute approximate surface area is 135 Å². The molecule has 0 radical (unpaired) electrons. The molecule has 6 nitrogen and oxygen atoms in total. The van der Waals surface area contributed by atoms with Crippen molar-refractivity contribution in [2.45, 2.75) is 12.8 Å². The van der Waals surface area contributed by atoms with E-state index in [9.17, 15) is 9.59 Å². The maximum absolute atomic E-state index is 11.8. The lowest BCUT2D eigenvalue weighted by atomic mass is 10.1. The van der Waals surface area contributed by atoms with Crippen LogP contribution in [0, 0.1) is 5.92 Å². The monoisotopic (exact) mass is 319 g/mol. The van der Waals surface area contributed by atoms with Crippen molar-refractivity contribution in [1.29, 1.82) is 0 Å². The lowest BCUT2D eigenvalue weighted by molar-refractivity contribution is -0.123. The third-order valence-corrected chi connectivity index (χ3v) is 3.62. The smallest absolute Gasteiger partial charge is 0.244 e. The average Bonchev–Trinajstić information content (AvgIpc) is 3.41. The molecule has 1 aromatic rings. The number of Topliss-reactive ketones (excluding diaryl/α,β-unsaturated/α-hetero) is 1. The topological polar surface area (TPSA) is 73.9 Å². The number of hydrogen-bond acceptors (Lipinski definition) is 5. The summed E-state index contributed by atoms with van der Waals surface area (Å²) in [7, 11) is 4.61. The Hall–Kier alpha value is -2.50. The number of ketones is 1. The Kier molecular flexibility index (Phi) is 5.62. The van der Waals surface area contributed by atoms with Crippen LogP contribution in [0.2, 0.25) is 0 Å². The summed E-state index contributed by atoms with van der Waals surface area (Å²) in [5.74, 6) is 1.55. The van der Waals surface area contributed by atoms with Gasteiger partial charge in [-0.3, -0.25) is 9.59 Å². The second kappa shape index (κ2) is 7.67. The van der Waals surface area contributed by atoms with Gasteiger partial charge in [-0.25, -0.2) is 0 Å².